The van der Waals surface area contributed by atoms with Gasteiger partial charge in [-0.2, -0.15) is 0 Å². The van der Waals surface area contributed by atoms with E-state index in [0.717, 1.165) is 13.0 Å². The Hall–Kier alpha value is -1.37. The van der Waals surface area contributed by atoms with Gasteiger partial charge >= 0.3 is 0 Å². The molecule has 1 aromatic rings. The molecule has 0 saturated heterocycles. The zero-order valence-corrected chi connectivity index (χ0v) is 11.6. The fourth-order valence-electron chi connectivity index (χ4n) is 1.30. The lowest BCUT2D eigenvalue weighted by molar-refractivity contribution is 0.602. The molecule has 1 heterocycles. The Bertz CT molecular complexity index is 445. The summed E-state index contributed by atoms with van der Waals surface area (Å²) in [6.45, 7) is 4.57. The van der Waals surface area contributed by atoms with E-state index in [1.807, 2.05) is 0 Å². The standard InChI is InChI=1S/C11H20N4O2S/c1-3-5-6-9-12-10-7-8-11(14-13-10)15-18(16,17)4-2/h7-8H,3-6,9H2,1-2H3,(H,12,13)(H,14,15). The first kappa shape index (κ1) is 14.7. The van der Waals surface area contributed by atoms with Crippen molar-refractivity contribution in [1.82, 2.24) is 10.2 Å². The van der Waals surface area contributed by atoms with Crippen LogP contribution in [0.25, 0.3) is 0 Å². The Morgan fingerprint density at radius 2 is 1.78 bits per heavy atom. The van der Waals surface area contributed by atoms with Gasteiger partial charge in [0.1, 0.15) is 5.82 Å². The maximum absolute atomic E-state index is 11.3. The van der Waals surface area contributed by atoms with Gasteiger partial charge in [0.15, 0.2) is 5.82 Å². The van der Waals surface area contributed by atoms with Crippen LogP contribution in [0.15, 0.2) is 12.1 Å². The second-order valence-corrected chi connectivity index (χ2v) is 5.95. The number of aromatic nitrogens is 2. The highest BCUT2D eigenvalue weighted by atomic mass is 32.2. The van der Waals surface area contributed by atoms with E-state index in [4.69, 9.17) is 0 Å². The number of nitrogens with zero attached hydrogens (tertiary/aromatic N) is 2. The van der Waals surface area contributed by atoms with Crippen molar-refractivity contribution in [3.63, 3.8) is 0 Å². The molecule has 0 spiro atoms. The quantitative estimate of drug-likeness (QED) is 0.705. The third kappa shape index (κ3) is 5.31. The van der Waals surface area contributed by atoms with Gasteiger partial charge in [0.25, 0.3) is 0 Å². The molecule has 0 bridgehead atoms. The van der Waals surface area contributed by atoms with Gasteiger partial charge in [-0.05, 0) is 25.5 Å². The van der Waals surface area contributed by atoms with E-state index in [9.17, 15) is 8.42 Å². The normalized spacial score (nSPS) is 11.2. The number of rotatable bonds is 8. The number of anilines is 2. The van der Waals surface area contributed by atoms with Gasteiger partial charge in [-0.1, -0.05) is 19.8 Å². The highest BCUT2D eigenvalue weighted by Crippen LogP contribution is 2.08. The third-order valence-electron chi connectivity index (χ3n) is 2.39. The minimum absolute atomic E-state index is 0.0195. The molecule has 0 aliphatic heterocycles. The van der Waals surface area contributed by atoms with Gasteiger partial charge in [0.05, 0.1) is 5.75 Å². The highest BCUT2D eigenvalue weighted by Gasteiger charge is 2.07. The van der Waals surface area contributed by atoms with E-state index in [1.165, 1.54) is 12.8 Å². The Morgan fingerprint density at radius 3 is 2.33 bits per heavy atom. The van der Waals surface area contributed by atoms with Gasteiger partial charge in [-0.15, -0.1) is 10.2 Å². The highest BCUT2D eigenvalue weighted by molar-refractivity contribution is 7.92. The molecule has 0 unspecified atom stereocenters. The van der Waals surface area contributed by atoms with Crippen LogP contribution in [0, 0.1) is 0 Å². The molecule has 0 atom stereocenters. The number of unbranched alkanes of at least 4 members (excludes halogenated alkanes) is 2. The molecule has 0 aliphatic carbocycles. The third-order valence-corrected chi connectivity index (χ3v) is 3.67. The van der Waals surface area contributed by atoms with Crippen molar-refractivity contribution < 1.29 is 8.42 Å². The Kier molecular flexibility index (Phi) is 5.84. The summed E-state index contributed by atoms with van der Waals surface area (Å²) in [6.07, 6.45) is 3.43. The van der Waals surface area contributed by atoms with Crippen molar-refractivity contribution in [1.29, 1.82) is 0 Å². The molecule has 7 heteroatoms. The van der Waals surface area contributed by atoms with Gasteiger partial charge in [-0.25, -0.2) is 8.42 Å². The first-order valence-corrected chi connectivity index (χ1v) is 7.80. The van der Waals surface area contributed by atoms with Crippen molar-refractivity contribution >= 4 is 21.7 Å². The van der Waals surface area contributed by atoms with E-state index in [2.05, 4.69) is 27.2 Å². The molecule has 0 aliphatic rings. The van der Waals surface area contributed by atoms with Crippen LogP contribution in [0.2, 0.25) is 0 Å². The van der Waals surface area contributed by atoms with Crippen molar-refractivity contribution in [3.8, 4) is 0 Å². The molecule has 0 radical (unpaired) electrons. The zero-order chi connectivity index (χ0) is 13.4. The van der Waals surface area contributed by atoms with Gasteiger partial charge < -0.3 is 5.32 Å². The summed E-state index contributed by atoms with van der Waals surface area (Å²) in [5.74, 6) is 0.924. The second kappa shape index (κ2) is 7.15. The van der Waals surface area contributed by atoms with Gasteiger partial charge in [0.2, 0.25) is 10.0 Å². The number of sulfonamides is 1. The number of hydrogen-bond donors (Lipinski definition) is 2. The van der Waals surface area contributed by atoms with E-state index in [0.29, 0.717) is 5.82 Å². The molecule has 0 saturated carbocycles. The van der Waals surface area contributed by atoms with Crippen LogP contribution in [-0.4, -0.2) is 30.9 Å². The molecule has 0 fully saturated rings. The minimum atomic E-state index is -3.28. The topological polar surface area (TPSA) is 84.0 Å². The fourth-order valence-corrected chi connectivity index (χ4v) is 1.88. The molecular formula is C11H20N4O2S. The zero-order valence-electron chi connectivity index (χ0n) is 10.8. The van der Waals surface area contributed by atoms with Crippen molar-refractivity contribution in [2.24, 2.45) is 0 Å². The smallest absolute Gasteiger partial charge is 0.233 e. The van der Waals surface area contributed by atoms with E-state index in [1.54, 1.807) is 19.1 Å². The van der Waals surface area contributed by atoms with Crippen LogP contribution in [0.3, 0.4) is 0 Å². The van der Waals surface area contributed by atoms with Crippen molar-refractivity contribution in [2.75, 3.05) is 22.3 Å². The molecule has 1 rings (SSSR count). The average Bonchev–Trinajstić information content (AvgIpc) is 2.36. The Labute approximate surface area is 108 Å². The lowest BCUT2D eigenvalue weighted by Crippen LogP contribution is -2.16. The Balaban J connectivity index is 2.47. The molecule has 2 N–H and O–H groups in total. The SMILES string of the molecule is CCCCCNc1ccc(NS(=O)(=O)CC)nn1. The van der Waals surface area contributed by atoms with Crippen LogP contribution in [-0.2, 0) is 10.0 Å². The summed E-state index contributed by atoms with van der Waals surface area (Å²) >= 11 is 0. The summed E-state index contributed by atoms with van der Waals surface area (Å²) in [5.41, 5.74) is 0. The molecule has 18 heavy (non-hydrogen) atoms. The van der Waals surface area contributed by atoms with Gasteiger partial charge in [0, 0.05) is 6.54 Å². The Morgan fingerprint density at radius 1 is 1.11 bits per heavy atom. The first-order chi connectivity index (χ1) is 8.57. The van der Waals surface area contributed by atoms with Crippen LogP contribution < -0.4 is 10.0 Å². The second-order valence-electron chi connectivity index (χ2n) is 3.94. The van der Waals surface area contributed by atoms with E-state index in [-0.39, 0.29) is 11.6 Å². The summed E-state index contributed by atoms with van der Waals surface area (Å²) in [7, 11) is -3.28. The van der Waals surface area contributed by atoms with E-state index >= 15 is 0 Å². The summed E-state index contributed by atoms with van der Waals surface area (Å²) in [5, 5.41) is 10.8. The lowest BCUT2D eigenvalue weighted by Gasteiger charge is -2.06. The summed E-state index contributed by atoms with van der Waals surface area (Å²) in [6, 6.07) is 3.31. The first-order valence-electron chi connectivity index (χ1n) is 6.15. The number of nitrogens with one attached hydrogen (secondary N) is 2. The largest absolute Gasteiger partial charge is 0.369 e. The summed E-state index contributed by atoms with van der Waals surface area (Å²) < 4.78 is 24.9. The van der Waals surface area contributed by atoms with Crippen molar-refractivity contribution in [2.45, 2.75) is 33.1 Å². The molecule has 0 amide bonds. The lowest BCUT2D eigenvalue weighted by atomic mass is 10.2. The van der Waals surface area contributed by atoms with Crippen LogP contribution in [0.1, 0.15) is 33.1 Å². The molecular weight excluding hydrogens is 252 g/mol. The van der Waals surface area contributed by atoms with Crippen LogP contribution >= 0.6 is 0 Å². The average molecular weight is 272 g/mol. The predicted octanol–water partition coefficient (Wildman–Crippen LogP) is 1.84. The predicted molar refractivity (Wildman–Crippen MR) is 73.1 cm³/mol. The minimum Gasteiger partial charge on any atom is -0.369 e. The fraction of sp³-hybridized carbons (Fsp3) is 0.636. The monoisotopic (exact) mass is 272 g/mol. The molecule has 6 nitrogen and oxygen atoms in total. The molecule has 1 aromatic heterocycles. The summed E-state index contributed by atoms with van der Waals surface area (Å²) in [4.78, 5) is 0. The maximum atomic E-state index is 11.3. The van der Waals surface area contributed by atoms with Crippen LogP contribution in [0.5, 0.6) is 0 Å². The number of hydrogen-bond acceptors (Lipinski definition) is 5. The molecule has 102 valence electrons. The molecule has 0 aromatic carbocycles. The van der Waals surface area contributed by atoms with Gasteiger partial charge in [-0.3, -0.25) is 4.72 Å². The van der Waals surface area contributed by atoms with Crippen LogP contribution in [0.4, 0.5) is 11.6 Å². The van der Waals surface area contributed by atoms with E-state index < -0.39 is 10.0 Å². The van der Waals surface area contributed by atoms with Crippen molar-refractivity contribution in [3.05, 3.63) is 12.1 Å². The maximum Gasteiger partial charge on any atom is 0.233 e.